The summed E-state index contributed by atoms with van der Waals surface area (Å²) in [6, 6.07) is 7.33. The van der Waals surface area contributed by atoms with Crippen LogP contribution in [0.1, 0.15) is 24.8 Å². The second-order valence-corrected chi connectivity index (χ2v) is 6.12. The van der Waals surface area contributed by atoms with Gasteiger partial charge in [0.25, 0.3) is 0 Å². The molecule has 0 spiro atoms. The van der Waals surface area contributed by atoms with Crippen LogP contribution in [0.15, 0.2) is 24.3 Å². The number of nitrogens with one attached hydrogen (secondary N) is 1. The van der Waals surface area contributed by atoms with Crippen molar-refractivity contribution in [1.82, 2.24) is 10.2 Å². The van der Waals surface area contributed by atoms with Crippen molar-refractivity contribution in [2.24, 2.45) is 5.92 Å². The number of aliphatic carboxylic acids is 1. The lowest BCUT2D eigenvalue weighted by Crippen LogP contribution is -2.46. The number of methoxy groups -OCH3 is 1. The molecule has 1 saturated heterocycles. The second-order valence-electron chi connectivity index (χ2n) is 6.12. The number of carboxylic acids is 1. The van der Waals surface area contributed by atoms with Crippen LogP contribution < -0.4 is 10.1 Å². The molecular formula is C18H26N2O5. The Kier molecular flexibility index (Phi) is 7.53. The largest absolute Gasteiger partial charge is 0.494 e. The normalized spacial score (nSPS) is 17.2. The van der Waals surface area contributed by atoms with E-state index < -0.39 is 11.9 Å². The Hall–Kier alpha value is -2.28. The monoisotopic (exact) mass is 350 g/mol. The molecule has 1 aromatic carbocycles. The number of rotatable bonds is 8. The van der Waals surface area contributed by atoms with Crippen LogP contribution in [-0.4, -0.2) is 55.4 Å². The molecule has 2 amide bonds. The lowest BCUT2D eigenvalue weighted by molar-refractivity contribution is -0.143. The van der Waals surface area contributed by atoms with Gasteiger partial charge < -0.3 is 24.8 Å². The number of likely N-dealkylation sites (tertiary alicyclic amines) is 1. The number of piperidine rings is 1. The van der Waals surface area contributed by atoms with Gasteiger partial charge in [-0.1, -0.05) is 12.1 Å². The summed E-state index contributed by atoms with van der Waals surface area (Å²) in [4.78, 5) is 24.8. The highest BCUT2D eigenvalue weighted by molar-refractivity contribution is 5.76. The van der Waals surface area contributed by atoms with Crippen LogP contribution in [0, 0.1) is 5.92 Å². The maximum absolute atomic E-state index is 12.2. The first-order valence-electron chi connectivity index (χ1n) is 8.56. The molecule has 1 aliphatic heterocycles. The van der Waals surface area contributed by atoms with Gasteiger partial charge in [0, 0.05) is 39.8 Å². The first-order chi connectivity index (χ1) is 12.1. The zero-order valence-electron chi connectivity index (χ0n) is 14.6. The first kappa shape index (κ1) is 19.1. The quantitative estimate of drug-likeness (QED) is 0.701. The van der Waals surface area contributed by atoms with Crippen molar-refractivity contribution in [3.8, 4) is 5.75 Å². The van der Waals surface area contributed by atoms with Gasteiger partial charge in [0.15, 0.2) is 0 Å². The molecule has 1 atom stereocenters. The third-order valence-corrected chi connectivity index (χ3v) is 4.19. The van der Waals surface area contributed by atoms with Gasteiger partial charge in [-0.3, -0.25) is 4.79 Å². The van der Waals surface area contributed by atoms with Gasteiger partial charge >= 0.3 is 12.0 Å². The standard InChI is InChI=1S/C18H26N2O5/c1-24-10-3-11-25-16-7-5-14(6-8-16)12-19-18(23)20-9-2-4-15(13-20)17(21)22/h5-8,15H,2-4,9-13H2,1H3,(H,19,23)(H,21,22). The molecule has 0 bridgehead atoms. The van der Waals surface area contributed by atoms with Crippen LogP contribution in [-0.2, 0) is 16.1 Å². The lowest BCUT2D eigenvalue weighted by atomic mass is 9.99. The highest BCUT2D eigenvalue weighted by Gasteiger charge is 2.27. The number of amides is 2. The van der Waals surface area contributed by atoms with E-state index in [4.69, 9.17) is 14.6 Å². The Labute approximate surface area is 147 Å². The average molecular weight is 350 g/mol. The van der Waals surface area contributed by atoms with E-state index in [2.05, 4.69) is 5.32 Å². The van der Waals surface area contributed by atoms with Crippen molar-refractivity contribution in [1.29, 1.82) is 0 Å². The Morgan fingerprint density at radius 1 is 1.28 bits per heavy atom. The Bertz CT molecular complexity index is 561. The minimum Gasteiger partial charge on any atom is -0.494 e. The number of carbonyl (C=O) groups excluding carboxylic acids is 1. The van der Waals surface area contributed by atoms with Crippen LogP contribution in [0.5, 0.6) is 5.75 Å². The molecule has 25 heavy (non-hydrogen) atoms. The van der Waals surface area contributed by atoms with E-state index >= 15 is 0 Å². The van der Waals surface area contributed by atoms with Crippen molar-refractivity contribution in [2.45, 2.75) is 25.8 Å². The van der Waals surface area contributed by atoms with E-state index in [0.717, 1.165) is 24.2 Å². The van der Waals surface area contributed by atoms with Gasteiger partial charge in [0.1, 0.15) is 5.75 Å². The van der Waals surface area contributed by atoms with Crippen LogP contribution in [0.4, 0.5) is 4.79 Å². The molecule has 2 N–H and O–H groups in total. The summed E-state index contributed by atoms with van der Waals surface area (Å²) in [6.45, 7) is 2.54. The third-order valence-electron chi connectivity index (χ3n) is 4.19. The molecule has 7 heteroatoms. The van der Waals surface area contributed by atoms with E-state index in [9.17, 15) is 9.59 Å². The summed E-state index contributed by atoms with van der Waals surface area (Å²) in [7, 11) is 1.66. The van der Waals surface area contributed by atoms with Gasteiger partial charge in [-0.2, -0.15) is 0 Å². The van der Waals surface area contributed by atoms with Crippen molar-refractivity contribution in [2.75, 3.05) is 33.4 Å². The maximum Gasteiger partial charge on any atom is 0.317 e. The first-order valence-corrected chi connectivity index (χ1v) is 8.56. The molecular weight excluding hydrogens is 324 g/mol. The molecule has 0 saturated carbocycles. The molecule has 1 heterocycles. The highest BCUT2D eigenvalue weighted by atomic mass is 16.5. The molecule has 138 valence electrons. The summed E-state index contributed by atoms with van der Waals surface area (Å²) < 4.78 is 10.6. The fraction of sp³-hybridized carbons (Fsp3) is 0.556. The molecule has 1 aromatic rings. The number of urea groups is 1. The van der Waals surface area contributed by atoms with E-state index in [1.165, 1.54) is 0 Å². The van der Waals surface area contributed by atoms with Gasteiger partial charge in [0.2, 0.25) is 0 Å². The summed E-state index contributed by atoms with van der Waals surface area (Å²) in [6.07, 6.45) is 2.19. The third kappa shape index (κ3) is 6.26. The molecule has 0 aliphatic carbocycles. The number of hydrogen-bond acceptors (Lipinski definition) is 4. The van der Waals surface area contributed by atoms with Gasteiger partial charge in [-0.25, -0.2) is 4.79 Å². The summed E-state index contributed by atoms with van der Waals surface area (Å²) >= 11 is 0. The van der Waals surface area contributed by atoms with E-state index in [-0.39, 0.29) is 12.6 Å². The molecule has 7 nitrogen and oxygen atoms in total. The summed E-state index contributed by atoms with van der Waals surface area (Å²) in [5.41, 5.74) is 0.962. The van der Waals surface area contributed by atoms with Crippen molar-refractivity contribution in [3.05, 3.63) is 29.8 Å². The van der Waals surface area contributed by atoms with Crippen LogP contribution >= 0.6 is 0 Å². The average Bonchev–Trinajstić information content (AvgIpc) is 2.64. The molecule has 0 radical (unpaired) electrons. The van der Waals surface area contributed by atoms with Crippen molar-refractivity contribution in [3.63, 3.8) is 0 Å². The fourth-order valence-corrected chi connectivity index (χ4v) is 2.75. The number of nitrogens with zero attached hydrogens (tertiary/aromatic N) is 1. The smallest absolute Gasteiger partial charge is 0.317 e. The number of carboxylic acid groups (broad SMARTS) is 1. The number of hydrogen-bond donors (Lipinski definition) is 2. The summed E-state index contributed by atoms with van der Waals surface area (Å²) in [5, 5.41) is 11.9. The minimum atomic E-state index is -0.835. The van der Waals surface area contributed by atoms with Crippen LogP contribution in [0.25, 0.3) is 0 Å². The van der Waals surface area contributed by atoms with Crippen molar-refractivity contribution >= 4 is 12.0 Å². The van der Waals surface area contributed by atoms with Gasteiger partial charge in [-0.05, 0) is 30.5 Å². The zero-order chi connectivity index (χ0) is 18.1. The molecule has 1 aliphatic rings. The summed E-state index contributed by atoms with van der Waals surface area (Å²) in [5.74, 6) is -0.515. The van der Waals surface area contributed by atoms with Gasteiger partial charge in [-0.15, -0.1) is 0 Å². The van der Waals surface area contributed by atoms with Crippen LogP contribution in [0.2, 0.25) is 0 Å². The van der Waals surface area contributed by atoms with E-state index in [1.807, 2.05) is 24.3 Å². The topological polar surface area (TPSA) is 88.1 Å². The predicted octanol–water partition coefficient (Wildman–Crippen LogP) is 2.11. The van der Waals surface area contributed by atoms with E-state index in [1.54, 1.807) is 12.0 Å². The second kappa shape index (κ2) is 9.88. The number of carbonyl (C=O) groups is 2. The van der Waals surface area contributed by atoms with Crippen molar-refractivity contribution < 1.29 is 24.2 Å². The Balaban J connectivity index is 1.74. The number of benzene rings is 1. The Morgan fingerprint density at radius 3 is 2.72 bits per heavy atom. The van der Waals surface area contributed by atoms with Gasteiger partial charge in [0.05, 0.1) is 12.5 Å². The fourth-order valence-electron chi connectivity index (χ4n) is 2.75. The minimum absolute atomic E-state index is 0.217. The molecule has 1 fully saturated rings. The predicted molar refractivity (Wildman–Crippen MR) is 92.6 cm³/mol. The van der Waals surface area contributed by atoms with E-state index in [0.29, 0.717) is 32.7 Å². The molecule has 1 unspecified atom stereocenters. The molecule has 0 aromatic heterocycles. The highest BCUT2D eigenvalue weighted by Crippen LogP contribution is 2.17. The lowest BCUT2D eigenvalue weighted by Gasteiger charge is -2.30. The maximum atomic E-state index is 12.2. The Morgan fingerprint density at radius 2 is 2.04 bits per heavy atom. The van der Waals surface area contributed by atoms with Crippen LogP contribution in [0.3, 0.4) is 0 Å². The SMILES string of the molecule is COCCCOc1ccc(CNC(=O)N2CCCC(C(=O)O)C2)cc1. The number of ether oxygens (including phenoxy) is 2. The zero-order valence-corrected chi connectivity index (χ0v) is 14.6. The molecule has 2 rings (SSSR count).